The summed E-state index contributed by atoms with van der Waals surface area (Å²) in [5.74, 6) is 0. The molecule has 1 aromatic rings. The molecule has 0 saturated heterocycles. The molecule has 0 bridgehead atoms. The van der Waals surface area contributed by atoms with Gasteiger partial charge in [-0.1, -0.05) is 95.0 Å². The number of unbranched alkanes of at least 4 members (excludes halogenated alkanes) is 9. The quantitative estimate of drug-likeness (QED) is 0.262. The number of nitrogens with zero attached hydrogens (tertiary/aromatic N) is 1. The number of halogens is 1. The second-order valence-corrected chi connectivity index (χ2v) is 7.80. The van der Waals surface area contributed by atoms with Crippen molar-refractivity contribution in [1.29, 1.82) is 0 Å². The molecule has 0 amide bonds. The Balaban J connectivity index is 0.00000576. The van der Waals surface area contributed by atoms with E-state index in [-0.39, 0.29) is 12.4 Å². The van der Waals surface area contributed by atoms with E-state index in [2.05, 4.69) is 51.4 Å². The zero-order chi connectivity index (χ0) is 17.5. The molecule has 0 saturated carbocycles. The van der Waals surface area contributed by atoms with Crippen LogP contribution < -0.4 is 12.4 Å². The molecule has 0 spiro atoms. The second kappa shape index (κ2) is 15.7. The minimum absolute atomic E-state index is 0. The van der Waals surface area contributed by atoms with Crippen molar-refractivity contribution in [3.05, 3.63) is 35.9 Å². The van der Waals surface area contributed by atoms with Gasteiger partial charge in [0, 0.05) is 5.56 Å². The van der Waals surface area contributed by atoms with Crippen molar-refractivity contribution in [1.82, 2.24) is 0 Å². The van der Waals surface area contributed by atoms with Crippen LogP contribution in [0.1, 0.15) is 76.7 Å². The molecule has 0 heterocycles. The Hall–Kier alpha value is -0.570. The molecule has 0 aliphatic carbocycles. The second-order valence-electron chi connectivity index (χ2n) is 7.80. The highest BCUT2D eigenvalue weighted by molar-refractivity contribution is 5.13. The standard InChI is InChI=1S/C22H40NO.ClH/c1-4-5-6-7-8-9-10-11-12-16-19-24-21-23(2,3)20-22-17-14-13-15-18-22;/h13-15,17-18H,4-12,16,19-21H2,1-3H3;1H/q+1;/p-1. The van der Waals surface area contributed by atoms with E-state index in [1.165, 1.54) is 69.8 Å². The van der Waals surface area contributed by atoms with Gasteiger partial charge in [0.1, 0.15) is 6.54 Å². The van der Waals surface area contributed by atoms with Crippen molar-refractivity contribution in [2.24, 2.45) is 0 Å². The third-order valence-corrected chi connectivity index (χ3v) is 4.54. The van der Waals surface area contributed by atoms with Gasteiger partial charge >= 0.3 is 0 Å². The van der Waals surface area contributed by atoms with Gasteiger partial charge in [-0.05, 0) is 6.42 Å². The predicted octanol–water partition coefficient (Wildman–Crippen LogP) is 3.16. The van der Waals surface area contributed by atoms with E-state index in [0.717, 1.165) is 24.4 Å². The number of benzene rings is 1. The zero-order valence-corrected chi connectivity index (χ0v) is 17.6. The van der Waals surface area contributed by atoms with Crippen LogP contribution in [-0.4, -0.2) is 31.9 Å². The molecule has 25 heavy (non-hydrogen) atoms. The van der Waals surface area contributed by atoms with Crippen LogP contribution in [-0.2, 0) is 11.3 Å². The van der Waals surface area contributed by atoms with Crippen molar-refractivity contribution < 1.29 is 21.6 Å². The van der Waals surface area contributed by atoms with Crippen LogP contribution >= 0.6 is 0 Å². The Bertz CT molecular complexity index is 394. The Morgan fingerprint density at radius 1 is 0.760 bits per heavy atom. The summed E-state index contributed by atoms with van der Waals surface area (Å²) in [7, 11) is 4.48. The summed E-state index contributed by atoms with van der Waals surface area (Å²) in [5.41, 5.74) is 1.38. The Morgan fingerprint density at radius 2 is 1.28 bits per heavy atom. The number of hydrogen-bond acceptors (Lipinski definition) is 1. The van der Waals surface area contributed by atoms with Gasteiger partial charge in [0.15, 0.2) is 6.73 Å². The topological polar surface area (TPSA) is 9.23 Å². The van der Waals surface area contributed by atoms with E-state index in [4.69, 9.17) is 4.74 Å². The van der Waals surface area contributed by atoms with Gasteiger partial charge < -0.3 is 21.6 Å². The van der Waals surface area contributed by atoms with Gasteiger partial charge in [-0.15, -0.1) is 0 Å². The smallest absolute Gasteiger partial charge is 0.182 e. The molecule has 0 N–H and O–H groups in total. The van der Waals surface area contributed by atoms with Crippen LogP contribution in [0.2, 0.25) is 0 Å². The van der Waals surface area contributed by atoms with Gasteiger partial charge in [-0.2, -0.15) is 0 Å². The van der Waals surface area contributed by atoms with Crippen molar-refractivity contribution >= 4 is 0 Å². The molecule has 0 aromatic heterocycles. The van der Waals surface area contributed by atoms with E-state index in [1.54, 1.807) is 0 Å². The average Bonchev–Trinajstić information content (AvgIpc) is 2.56. The molecule has 1 rings (SSSR count). The molecule has 0 radical (unpaired) electrons. The SMILES string of the molecule is CCCCCCCCCCCCOC[N+](C)(C)Cc1ccccc1.[Cl-]. The highest BCUT2D eigenvalue weighted by atomic mass is 35.5. The largest absolute Gasteiger partial charge is 1.00 e. The predicted molar refractivity (Wildman–Crippen MR) is 105 cm³/mol. The van der Waals surface area contributed by atoms with E-state index in [0.29, 0.717) is 0 Å². The van der Waals surface area contributed by atoms with Crippen LogP contribution in [0.3, 0.4) is 0 Å². The first-order valence-electron chi connectivity index (χ1n) is 10.1. The lowest BCUT2D eigenvalue weighted by atomic mass is 10.1. The lowest BCUT2D eigenvalue weighted by Crippen LogP contribution is -3.00. The molecule has 0 aliphatic heterocycles. The molecule has 2 nitrogen and oxygen atoms in total. The summed E-state index contributed by atoms with van der Waals surface area (Å²) in [4.78, 5) is 0. The molecule has 0 aliphatic rings. The number of hydrogen-bond donors (Lipinski definition) is 0. The summed E-state index contributed by atoms with van der Waals surface area (Å²) in [6, 6.07) is 10.7. The maximum Gasteiger partial charge on any atom is 0.182 e. The van der Waals surface area contributed by atoms with Gasteiger partial charge in [0.25, 0.3) is 0 Å². The Morgan fingerprint density at radius 3 is 1.84 bits per heavy atom. The summed E-state index contributed by atoms with van der Waals surface area (Å²) in [6.45, 7) is 5.02. The van der Waals surface area contributed by atoms with Crippen LogP contribution in [0.5, 0.6) is 0 Å². The van der Waals surface area contributed by atoms with Crippen molar-refractivity contribution in [2.45, 2.75) is 77.7 Å². The van der Waals surface area contributed by atoms with Gasteiger partial charge in [-0.25, -0.2) is 0 Å². The summed E-state index contributed by atoms with van der Waals surface area (Å²) in [6.07, 6.45) is 13.8. The first-order chi connectivity index (χ1) is 11.6. The van der Waals surface area contributed by atoms with E-state index in [9.17, 15) is 0 Å². The first kappa shape index (κ1) is 24.4. The summed E-state index contributed by atoms with van der Waals surface area (Å²) < 4.78 is 6.81. The third kappa shape index (κ3) is 14.3. The first-order valence-corrected chi connectivity index (χ1v) is 10.1. The number of ether oxygens (including phenoxy) is 1. The van der Waals surface area contributed by atoms with Crippen molar-refractivity contribution in [3.8, 4) is 0 Å². The lowest BCUT2D eigenvalue weighted by Gasteiger charge is -2.29. The fourth-order valence-electron chi connectivity index (χ4n) is 3.13. The maximum absolute atomic E-state index is 5.91. The Kier molecular flexibility index (Phi) is 15.3. The highest BCUT2D eigenvalue weighted by Gasteiger charge is 2.15. The fourth-order valence-corrected chi connectivity index (χ4v) is 3.13. The normalized spacial score (nSPS) is 11.3. The van der Waals surface area contributed by atoms with Crippen LogP contribution in [0.4, 0.5) is 0 Å². The molecule has 1 aromatic carbocycles. The highest BCUT2D eigenvalue weighted by Crippen LogP contribution is 2.11. The molecular formula is C22H40ClNO. The minimum atomic E-state index is 0. The number of quaternary nitrogens is 1. The molecule has 146 valence electrons. The zero-order valence-electron chi connectivity index (χ0n) is 16.8. The van der Waals surface area contributed by atoms with Gasteiger partial charge in [0.2, 0.25) is 0 Å². The summed E-state index contributed by atoms with van der Waals surface area (Å²) in [5, 5.41) is 0. The van der Waals surface area contributed by atoms with E-state index >= 15 is 0 Å². The van der Waals surface area contributed by atoms with Gasteiger partial charge in [0.05, 0.1) is 20.7 Å². The third-order valence-electron chi connectivity index (χ3n) is 4.54. The average molecular weight is 370 g/mol. The van der Waals surface area contributed by atoms with E-state index < -0.39 is 0 Å². The molecule has 0 fully saturated rings. The van der Waals surface area contributed by atoms with Crippen molar-refractivity contribution in [2.75, 3.05) is 27.4 Å². The molecule has 0 atom stereocenters. The molecule has 3 heteroatoms. The minimum Gasteiger partial charge on any atom is -1.00 e. The lowest BCUT2D eigenvalue weighted by molar-refractivity contribution is -0.922. The van der Waals surface area contributed by atoms with Crippen LogP contribution in [0.25, 0.3) is 0 Å². The van der Waals surface area contributed by atoms with Crippen LogP contribution in [0.15, 0.2) is 30.3 Å². The Labute approximate surface area is 163 Å². The monoisotopic (exact) mass is 369 g/mol. The molecule has 0 unspecified atom stereocenters. The van der Waals surface area contributed by atoms with Gasteiger partial charge in [-0.3, -0.25) is 0 Å². The van der Waals surface area contributed by atoms with E-state index in [1.807, 2.05) is 0 Å². The number of rotatable bonds is 15. The fraction of sp³-hybridized carbons (Fsp3) is 0.727. The maximum atomic E-state index is 5.91. The summed E-state index contributed by atoms with van der Waals surface area (Å²) >= 11 is 0. The molecular weight excluding hydrogens is 330 g/mol. The van der Waals surface area contributed by atoms with Crippen molar-refractivity contribution in [3.63, 3.8) is 0 Å². The van der Waals surface area contributed by atoms with Crippen LogP contribution in [0, 0.1) is 0 Å².